The van der Waals surface area contributed by atoms with Gasteiger partial charge in [0.15, 0.2) is 12.5 Å². The summed E-state index contributed by atoms with van der Waals surface area (Å²) < 4.78 is 12.0. The second-order valence-corrected chi connectivity index (χ2v) is 5.16. The van der Waals surface area contributed by atoms with Gasteiger partial charge in [0.1, 0.15) is 0 Å². The minimum Gasteiger partial charge on any atom is -0.391 e. The van der Waals surface area contributed by atoms with E-state index in [9.17, 15) is 4.79 Å². The molecule has 1 N–H and O–H groups in total. The van der Waals surface area contributed by atoms with Gasteiger partial charge in [0.05, 0.1) is 18.9 Å². The monoisotopic (exact) mass is 314 g/mol. The van der Waals surface area contributed by atoms with Crippen LogP contribution in [0.1, 0.15) is 17.5 Å². The Kier molecular flexibility index (Phi) is 4.97. The third-order valence-corrected chi connectivity index (χ3v) is 3.52. The molecule has 6 nitrogen and oxygen atoms in total. The Labute approximate surface area is 133 Å². The molecule has 2 aromatic rings. The predicted octanol–water partition coefficient (Wildman–Crippen LogP) is 1.36. The fourth-order valence-corrected chi connectivity index (χ4v) is 2.35. The van der Waals surface area contributed by atoms with Gasteiger partial charge in [0.25, 0.3) is 0 Å². The molecule has 120 valence electrons. The van der Waals surface area contributed by atoms with Gasteiger partial charge in [-0.15, -0.1) is 0 Å². The fourth-order valence-electron chi connectivity index (χ4n) is 2.35. The molecular weight excluding hydrogens is 296 g/mol. The highest BCUT2D eigenvalue weighted by atomic mass is 16.7. The van der Waals surface area contributed by atoms with Crippen LogP contribution < -0.4 is 5.69 Å². The van der Waals surface area contributed by atoms with Gasteiger partial charge in [-0.1, -0.05) is 42.5 Å². The Morgan fingerprint density at radius 2 is 2.13 bits per heavy atom. The van der Waals surface area contributed by atoms with E-state index in [2.05, 4.69) is 4.98 Å². The van der Waals surface area contributed by atoms with E-state index in [1.165, 1.54) is 4.57 Å². The number of aliphatic hydroxyl groups excluding tert-OH is 1. The lowest BCUT2D eigenvalue weighted by Gasteiger charge is -2.12. The van der Waals surface area contributed by atoms with E-state index >= 15 is 0 Å². The molecule has 0 saturated carbocycles. The van der Waals surface area contributed by atoms with E-state index in [-0.39, 0.29) is 18.9 Å². The fraction of sp³-hybridized carbons (Fsp3) is 0.294. The van der Waals surface area contributed by atoms with Crippen molar-refractivity contribution in [2.45, 2.75) is 18.9 Å². The number of rotatable bonds is 5. The molecular formula is C17H18N2O4. The molecule has 1 aliphatic rings. The highest BCUT2D eigenvalue weighted by Crippen LogP contribution is 2.18. The maximum Gasteiger partial charge on any atom is 0.349 e. The molecule has 0 radical (unpaired) electrons. The molecule has 1 saturated heterocycles. The number of allylic oxidation sites excluding steroid dienone is 1. The SMILES string of the molecule is O=c1nc(C/C=C/c2ccccc2)ccn1C1COC(CO)O1. The summed E-state index contributed by atoms with van der Waals surface area (Å²) in [6.45, 7) is -0.0128. The summed E-state index contributed by atoms with van der Waals surface area (Å²) in [7, 11) is 0. The number of hydrogen-bond acceptors (Lipinski definition) is 5. The second-order valence-electron chi connectivity index (χ2n) is 5.16. The van der Waals surface area contributed by atoms with E-state index in [1.54, 1.807) is 12.3 Å². The van der Waals surface area contributed by atoms with Gasteiger partial charge in [-0.05, 0) is 11.6 Å². The maximum atomic E-state index is 12.1. The average molecular weight is 314 g/mol. The molecule has 1 aromatic carbocycles. The van der Waals surface area contributed by atoms with E-state index in [4.69, 9.17) is 14.6 Å². The zero-order valence-electron chi connectivity index (χ0n) is 12.5. The lowest BCUT2D eigenvalue weighted by atomic mass is 10.2. The Hall–Kier alpha value is -2.28. The number of ether oxygens (including phenoxy) is 2. The topological polar surface area (TPSA) is 73.6 Å². The summed E-state index contributed by atoms with van der Waals surface area (Å²) in [6, 6.07) is 11.7. The second kappa shape index (κ2) is 7.32. The summed E-state index contributed by atoms with van der Waals surface area (Å²) in [5, 5.41) is 8.97. The van der Waals surface area contributed by atoms with E-state index < -0.39 is 12.5 Å². The number of hydrogen-bond donors (Lipinski definition) is 1. The average Bonchev–Trinajstić information content (AvgIpc) is 3.05. The Morgan fingerprint density at radius 1 is 1.30 bits per heavy atom. The largest absolute Gasteiger partial charge is 0.391 e. The lowest BCUT2D eigenvalue weighted by molar-refractivity contribution is -0.0992. The van der Waals surface area contributed by atoms with Gasteiger partial charge >= 0.3 is 5.69 Å². The summed E-state index contributed by atoms with van der Waals surface area (Å²) in [5.41, 5.74) is 1.41. The van der Waals surface area contributed by atoms with Crippen LogP contribution in [-0.2, 0) is 15.9 Å². The Balaban J connectivity index is 1.65. The van der Waals surface area contributed by atoms with Crippen LogP contribution in [-0.4, -0.2) is 34.2 Å². The maximum absolute atomic E-state index is 12.1. The highest BCUT2D eigenvalue weighted by Gasteiger charge is 2.27. The van der Waals surface area contributed by atoms with Crippen LogP contribution in [0.3, 0.4) is 0 Å². The van der Waals surface area contributed by atoms with Crippen molar-refractivity contribution in [2.24, 2.45) is 0 Å². The third kappa shape index (κ3) is 3.92. The van der Waals surface area contributed by atoms with Crippen LogP contribution >= 0.6 is 0 Å². The minimum atomic E-state index is -0.680. The van der Waals surface area contributed by atoms with Crippen LogP contribution in [0, 0.1) is 0 Å². The first-order valence-electron chi connectivity index (χ1n) is 7.44. The van der Waals surface area contributed by atoms with Crippen molar-refractivity contribution < 1.29 is 14.6 Å². The van der Waals surface area contributed by atoms with Crippen molar-refractivity contribution in [2.75, 3.05) is 13.2 Å². The first kappa shape index (κ1) is 15.6. The Morgan fingerprint density at radius 3 is 2.83 bits per heavy atom. The molecule has 23 heavy (non-hydrogen) atoms. The summed E-state index contributed by atoms with van der Waals surface area (Å²) in [4.78, 5) is 16.1. The number of nitrogens with zero attached hydrogens (tertiary/aromatic N) is 2. The van der Waals surface area contributed by atoms with Gasteiger partial charge in [-0.25, -0.2) is 4.79 Å². The van der Waals surface area contributed by atoms with Crippen LogP contribution in [0.25, 0.3) is 6.08 Å². The first-order valence-corrected chi connectivity index (χ1v) is 7.44. The molecule has 2 heterocycles. The first-order chi connectivity index (χ1) is 11.3. The quantitative estimate of drug-likeness (QED) is 0.902. The zero-order chi connectivity index (χ0) is 16.1. The lowest BCUT2D eigenvalue weighted by Crippen LogP contribution is -2.29. The van der Waals surface area contributed by atoms with Gasteiger partial charge < -0.3 is 14.6 Å². The van der Waals surface area contributed by atoms with E-state index in [0.717, 1.165) is 5.56 Å². The third-order valence-electron chi connectivity index (χ3n) is 3.52. The standard InChI is InChI=1S/C17H18N2O4/c20-11-16-22-12-15(23-16)19-10-9-14(18-17(19)21)8-4-7-13-5-2-1-3-6-13/h1-7,9-10,15-16,20H,8,11-12H2/b7-4+. The van der Waals surface area contributed by atoms with Gasteiger partial charge in [0.2, 0.25) is 0 Å². The summed E-state index contributed by atoms with van der Waals surface area (Å²) in [6.07, 6.45) is 4.97. The summed E-state index contributed by atoms with van der Waals surface area (Å²) in [5.74, 6) is 0. The van der Waals surface area contributed by atoms with Crippen LogP contribution in [0.4, 0.5) is 0 Å². The van der Waals surface area contributed by atoms with Crippen molar-refractivity contribution in [3.05, 3.63) is 70.4 Å². The molecule has 1 fully saturated rings. The van der Waals surface area contributed by atoms with Crippen LogP contribution in [0.2, 0.25) is 0 Å². The van der Waals surface area contributed by atoms with Crippen molar-refractivity contribution in [1.82, 2.24) is 9.55 Å². The predicted molar refractivity (Wildman–Crippen MR) is 84.6 cm³/mol. The van der Waals surface area contributed by atoms with E-state index in [1.807, 2.05) is 42.5 Å². The minimum absolute atomic E-state index is 0.222. The number of aromatic nitrogens is 2. The Bertz CT molecular complexity index is 727. The molecule has 0 bridgehead atoms. The van der Waals surface area contributed by atoms with Crippen molar-refractivity contribution in [1.29, 1.82) is 0 Å². The van der Waals surface area contributed by atoms with Crippen molar-refractivity contribution in [3.63, 3.8) is 0 Å². The molecule has 1 aliphatic heterocycles. The molecule has 0 aliphatic carbocycles. The van der Waals surface area contributed by atoms with Crippen molar-refractivity contribution >= 4 is 6.08 Å². The number of aliphatic hydroxyl groups is 1. The zero-order valence-corrected chi connectivity index (χ0v) is 12.5. The highest BCUT2D eigenvalue weighted by molar-refractivity contribution is 5.48. The molecule has 0 spiro atoms. The smallest absolute Gasteiger partial charge is 0.349 e. The van der Waals surface area contributed by atoms with E-state index in [0.29, 0.717) is 12.1 Å². The van der Waals surface area contributed by atoms with Crippen molar-refractivity contribution in [3.8, 4) is 0 Å². The molecule has 6 heteroatoms. The molecule has 1 aromatic heterocycles. The van der Waals surface area contributed by atoms with Crippen LogP contribution in [0.15, 0.2) is 53.5 Å². The molecule has 2 unspecified atom stereocenters. The normalized spacial score (nSPS) is 21.1. The van der Waals surface area contributed by atoms with Gasteiger partial charge in [-0.2, -0.15) is 4.98 Å². The molecule has 3 rings (SSSR count). The molecule has 2 atom stereocenters. The van der Waals surface area contributed by atoms with Gasteiger partial charge in [0, 0.05) is 12.6 Å². The number of benzene rings is 1. The summed E-state index contributed by atoms with van der Waals surface area (Å²) >= 11 is 0. The van der Waals surface area contributed by atoms with Crippen LogP contribution in [0.5, 0.6) is 0 Å². The van der Waals surface area contributed by atoms with Gasteiger partial charge in [-0.3, -0.25) is 4.57 Å². The molecule has 0 amide bonds.